The Kier molecular flexibility index (Phi) is 18.1. The summed E-state index contributed by atoms with van der Waals surface area (Å²) < 4.78 is -2.33. The SMILES string of the molecule is CCCCCCCCCCCC.O=C([O-])C(S)(S)C(S)S. The molecule has 0 aromatic carbocycles. The highest BCUT2D eigenvalue weighted by Gasteiger charge is 2.27. The van der Waals surface area contributed by atoms with Crippen LogP contribution < -0.4 is 5.11 Å². The Labute approximate surface area is 152 Å². The summed E-state index contributed by atoms with van der Waals surface area (Å²) in [6.07, 6.45) is 14.4. The van der Waals surface area contributed by atoms with Crippen molar-refractivity contribution in [3.63, 3.8) is 0 Å². The first-order chi connectivity index (χ1) is 9.80. The van der Waals surface area contributed by atoms with Crippen molar-refractivity contribution in [3.8, 4) is 0 Å². The molecule has 6 heteroatoms. The second-order valence-electron chi connectivity index (χ2n) is 5.22. The van der Waals surface area contributed by atoms with Gasteiger partial charge in [0.05, 0.1) is 10.6 Å². The van der Waals surface area contributed by atoms with Gasteiger partial charge in [0.15, 0.2) is 0 Å². The first kappa shape index (κ1) is 24.1. The lowest BCUT2D eigenvalue weighted by atomic mass is 10.1. The maximum atomic E-state index is 10.1. The highest BCUT2D eigenvalue weighted by atomic mass is 32.2. The monoisotopic (exact) mass is 371 g/mol. The minimum absolute atomic E-state index is 0.755. The van der Waals surface area contributed by atoms with Crippen molar-refractivity contribution in [2.45, 2.75) is 86.7 Å². The molecule has 0 rings (SSSR count). The molecule has 0 atom stereocenters. The normalized spacial score (nSPS) is 11.2. The number of hydrogen-bond acceptors (Lipinski definition) is 6. The van der Waals surface area contributed by atoms with E-state index in [1.807, 2.05) is 0 Å². The molecule has 0 spiro atoms. The van der Waals surface area contributed by atoms with Gasteiger partial charge in [0.25, 0.3) is 0 Å². The third-order valence-corrected chi connectivity index (χ3v) is 5.59. The van der Waals surface area contributed by atoms with E-state index in [1.165, 1.54) is 64.2 Å². The highest BCUT2D eigenvalue weighted by molar-refractivity contribution is 8.08. The summed E-state index contributed by atoms with van der Waals surface area (Å²) in [5.41, 5.74) is 0. The molecule has 0 saturated carbocycles. The van der Waals surface area contributed by atoms with Crippen molar-refractivity contribution in [2.75, 3.05) is 0 Å². The van der Waals surface area contributed by atoms with Crippen molar-refractivity contribution >= 4 is 56.5 Å². The number of unbranched alkanes of at least 4 members (excludes halogenated alkanes) is 9. The summed E-state index contributed by atoms with van der Waals surface area (Å²) in [4.78, 5) is 10.1. The average molecular weight is 372 g/mol. The van der Waals surface area contributed by atoms with Crippen LogP contribution in [0, 0.1) is 0 Å². The first-order valence-corrected chi connectivity index (χ1v) is 9.75. The molecule has 0 fully saturated rings. The van der Waals surface area contributed by atoms with Crippen LogP contribution in [0.25, 0.3) is 0 Å². The van der Waals surface area contributed by atoms with Gasteiger partial charge in [-0.15, -0.1) is 0 Å². The zero-order valence-corrected chi connectivity index (χ0v) is 16.8. The molecular weight excluding hydrogens is 340 g/mol. The van der Waals surface area contributed by atoms with Crippen LogP contribution in [0.5, 0.6) is 0 Å². The Bertz CT molecular complexity index is 236. The van der Waals surface area contributed by atoms with Crippen LogP contribution in [-0.2, 0) is 4.79 Å². The minimum Gasteiger partial charge on any atom is -0.548 e. The zero-order valence-electron chi connectivity index (χ0n) is 13.3. The van der Waals surface area contributed by atoms with Crippen LogP contribution in [0.1, 0.15) is 78.1 Å². The Balaban J connectivity index is 0. The van der Waals surface area contributed by atoms with Gasteiger partial charge in [-0.05, 0) is 0 Å². The maximum absolute atomic E-state index is 10.1. The van der Waals surface area contributed by atoms with Gasteiger partial charge in [-0.2, -0.15) is 50.5 Å². The Morgan fingerprint density at radius 3 is 1.29 bits per heavy atom. The molecule has 21 heavy (non-hydrogen) atoms. The number of carboxylic acid groups (broad SMARTS) is 1. The van der Waals surface area contributed by atoms with Crippen molar-refractivity contribution in [2.24, 2.45) is 0 Å². The van der Waals surface area contributed by atoms with E-state index < -0.39 is 14.6 Å². The smallest absolute Gasteiger partial charge is 0.115 e. The summed E-state index contributed by atoms with van der Waals surface area (Å²) >= 11 is 14.7. The Morgan fingerprint density at radius 1 is 0.857 bits per heavy atom. The van der Waals surface area contributed by atoms with Gasteiger partial charge in [-0.1, -0.05) is 78.1 Å². The van der Waals surface area contributed by atoms with Gasteiger partial charge in [0.1, 0.15) is 4.08 Å². The van der Waals surface area contributed by atoms with E-state index in [9.17, 15) is 9.90 Å². The number of carboxylic acids is 1. The van der Waals surface area contributed by atoms with Crippen LogP contribution >= 0.6 is 50.5 Å². The standard InChI is InChI=1S/C12H26.C3H6O2S4/c1-3-5-7-9-11-12-10-8-6-4-2;4-1(5)3(8,9)2(6)7/h3-12H2,1-2H3;2,6-9H,(H,4,5)/p-1. The lowest BCUT2D eigenvalue weighted by molar-refractivity contribution is -0.305. The average Bonchev–Trinajstić information content (AvgIpc) is 2.42. The summed E-state index contributed by atoms with van der Waals surface area (Å²) in [7, 11) is 0. The van der Waals surface area contributed by atoms with Crippen LogP contribution in [0.15, 0.2) is 0 Å². The van der Waals surface area contributed by atoms with E-state index in [-0.39, 0.29) is 0 Å². The molecule has 0 aliphatic heterocycles. The molecule has 0 aromatic heterocycles. The number of carbonyl (C=O) groups excluding carboxylic acids is 1. The van der Waals surface area contributed by atoms with Crippen LogP contribution in [-0.4, -0.2) is 14.6 Å². The molecule has 0 aliphatic rings. The Hall–Kier alpha value is 0.870. The Morgan fingerprint density at radius 2 is 1.14 bits per heavy atom. The number of rotatable bonds is 11. The quantitative estimate of drug-likeness (QED) is 0.247. The summed E-state index contributed by atoms with van der Waals surface area (Å²) in [6, 6.07) is 0. The number of carbonyl (C=O) groups is 1. The fraction of sp³-hybridized carbons (Fsp3) is 0.933. The fourth-order valence-electron chi connectivity index (χ4n) is 1.67. The maximum Gasteiger partial charge on any atom is 0.115 e. The van der Waals surface area contributed by atoms with Crippen molar-refractivity contribution in [3.05, 3.63) is 0 Å². The van der Waals surface area contributed by atoms with Crippen molar-refractivity contribution in [1.29, 1.82) is 0 Å². The second kappa shape index (κ2) is 15.8. The van der Waals surface area contributed by atoms with Gasteiger partial charge in [-0.25, -0.2) is 0 Å². The van der Waals surface area contributed by atoms with Crippen molar-refractivity contribution in [1.82, 2.24) is 0 Å². The lowest BCUT2D eigenvalue weighted by Gasteiger charge is -2.25. The first-order valence-electron chi connectivity index (χ1n) is 7.82. The minimum atomic E-state index is -1.58. The van der Waals surface area contributed by atoms with Crippen LogP contribution in [0.4, 0.5) is 0 Å². The van der Waals surface area contributed by atoms with E-state index in [4.69, 9.17) is 0 Å². The molecule has 0 aromatic rings. The van der Waals surface area contributed by atoms with E-state index in [0.29, 0.717) is 0 Å². The molecule has 0 saturated heterocycles. The van der Waals surface area contributed by atoms with Crippen molar-refractivity contribution < 1.29 is 9.90 Å². The second-order valence-corrected chi connectivity index (χ2v) is 8.42. The molecule has 2 nitrogen and oxygen atoms in total. The molecule has 0 aliphatic carbocycles. The molecule has 128 valence electrons. The largest absolute Gasteiger partial charge is 0.548 e. The molecule has 0 N–H and O–H groups in total. The summed E-state index contributed by atoms with van der Waals surface area (Å²) in [6.45, 7) is 4.56. The third kappa shape index (κ3) is 15.5. The fourth-order valence-corrected chi connectivity index (χ4v) is 1.88. The van der Waals surface area contributed by atoms with Crippen LogP contribution in [0.2, 0.25) is 0 Å². The zero-order chi connectivity index (χ0) is 16.7. The molecule has 0 radical (unpaired) electrons. The molecular formula is C15H31O2S4-. The predicted octanol–water partition coefficient (Wildman–Crippen LogP) is 4.41. The molecule has 0 bridgehead atoms. The number of hydrogen-bond donors (Lipinski definition) is 4. The van der Waals surface area contributed by atoms with E-state index in [1.54, 1.807) is 0 Å². The predicted molar refractivity (Wildman–Crippen MR) is 105 cm³/mol. The summed E-state index contributed by atoms with van der Waals surface area (Å²) in [5, 5.41) is 10.1. The van der Waals surface area contributed by atoms with E-state index in [0.717, 1.165) is 0 Å². The van der Waals surface area contributed by atoms with Gasteiger partial charge >= 0.3 is 0 Å². The van der Waals surface area contributed by atoms with Gasteiger partial charge in [0, 0.05) is 0 Å². The van der Waals surface area contributed by atoms with E-state index in [2.05, 4.69) is 64.4 Å². The lowest BCUT2D eigenvalue weighted by Crippen LogP contribution is -2.44. The topological polar surface area (TPSA) is 40.1 Å². The molecule has 0 heterocycles. The highest BCUT2D eigenvalue weighted by Crippen LogP contribution is 2.29. The van der Waals surface area contributed by atoms with Gasteiger partial charge in [0.2, 0.25) is 0 Å². The molecule has 0 unspecified atom stereocenters. The number of thiol groups is 4. The number of aliphatic carboxylic acids is 1. The van der Waals surface area contributed by atoms with Gasteiger partial charge < -0.3 is 9.90 Å². The summed E-state index contributed by atoms with van der Waals surface area (Å²) in [5.74, 6) is -1.40. The van der Waals surface area contributed by atoms with E-state index >= 15 is 0 Å². The third-order valence-electron chi connectivity index (χ3n) is 3.12. The molecule has 0 amide bonds. The van der Waals surface area contributed by atoms with Gasteiger partial charge in [-0.3, -0.25) is 0 Å². The van der Waals surface area contributed by atoms with Crippen LogP contribution in [0.3, 0.4) is 0 Å².